The number of ether oxygens (including phenoxy) is 1. The van der Waals surface area contributed by atoms with Crippen LogP contribution in [0.5, 0.6) is 5.75 Å². The second-order valence-electron chi connectivity index (χ2n) is 12.2. The van der Waals surface area contributed by atoms with E-state index in [9.17, 15) is 14.4 Å². The number of nitrogens with one attached hydrogen (secondary N) is 2. The number of ketones is 1. The lowest BCUT2D eigenvalue weighted by atomic mass is 9.75. The molecule has 0 radical (unpaired) electrons. The fraction of sp³-hybridized carbons (Fsp3) is 0.536. The SMILES string of the molecule is COc1ccc(-n2c3c(cc(C(=O)NC4CC(C)(C)NC(C)(C)C4)c2=O)C(=O)CC(C)(C)C3)cc1. The van der Waals surface area contributed by atoms with Crippen molar-refractivity contribution < 1.29 is 14.3 Å². The van der Waals surface area contributed by atoms with Gasteiger partial charge in [0.15, 0.2) is 5.78 Å². The third kappa shape index (κ3) is 5.20. The number of nitrogens with zero attached hydrogens (tertiary/aromatic N) is 1. The van der Waals surface area contributed by atoms with Gasteiger partial charge in [-0.15, -0.1) is 0 Å². The average molecular weight is 480 g/mol. The van der Waals surface area contributed by atoms with E-state index in [1.165, 1.54) is 6.07 Å². The van der Waals surface area contributed by atoms with Gasteiger partial charge in [-0.25, -0.2) is 0 Å². The summed E-state index contributed by atoms with van der Waals surface area (Å²) in [6.45, 7) is 12.5. The lowest BCUT2D eigenvalue weighted by Crippen LogP contribution is -2.62. The van der Waals surface area contributed by atoms with Crippen molar-refractivity contribution >= 4 is 11.7 Å². The van der Waals surface area contributed by atoms with Gasteiger partial charge in [0.05, 0.1) is 7.11 Å². The number of piperidine rings is 1. The summed E-state index contributed by atoms with van der Waals surface area (Å²) < 4.78 is 6.81. The zero-order chi connectivity index (χ0) is 25.8. The first kappa shape index (κ1) is 25.2. The molecular weight excluding hydrogens is 442 g/mol. The maximum absolute atomic E-state index is 13.8. The molecule has 1 aliphatic heterocycles. The Labute approximate surface area is 207 Å². The Morgan fingerprint density at radius 3 is 2.17 bits per heavy atom. The molecule has 0 unspecified atom stereocenters. The Hall–Kier alpha value is -2.93. The molecule has 2 aromatic rings. The molecule has 0 saturated carbocycles. The van der Waals surface area contributed by atoms with Crippen LogP contribution in [-0.4, -0.2) is 40.5 Å². The quantitative estimate of drug-likeness (QED) is 0.691. The molecule has 0 atom stereocenters. The third-order valence-corrected chi connectivity index (χ3v) is 6.99. The molecule has 35 heavy (non-hydrogen) atoms. The van der Waals surface area contributed by atoms with E-state index in [-0.39, 0.29) is 33.9 Å². The second-order valence-corrected chi connectivity index (χ2v) is 12.2. The molecule has 2 aliphatic rings. The number of Topliss-reactive ketones (excluding diaryl/α,β-unsaturated/α-hetero) is 1. The van der Waals surface area contributed by atoms with Gasteiger partial charge < -0.3 is 15.4 Å². The average Bonchev–Trinajstić information content (AvgIpc) is 2.70. The number of hydrogen-bond acceptors (Lipinski definition) is 5. The topological polar surface area (TPSA) is 89.4 Å². The number of aromatic nitrogens is 1. The van der Waals surface area contributed by atoms with Gasteiger partial charge in [-0.3, -0.25) is 19.0 Å². The molecule has 7 heteroatoms. The van der Waals surface area contributed by atoms with Gasteiger partial charge in [0.25, 0.3) is 11.5 Å². The van der Waals surface area contributed by atoms with Crippen LogP contribution in [0.25, 0.3) is 5.69 Å². The molecule has 1 fully saturated rings. The minimum Gasteiger partial charge on any atom is -0.497 e. The van der Waals surface area contributed by atoms with Crippen molar-refractivity contribution in [2.24, 2.45) is 5.41 Å². The number of carbonyl (C=O) groups is 2. The lowest BCUT2D eigenvalue weighted by Gasteiger charge is -2.46. The number of fused-ring (bicyclic) bond motifs is 1. The molecule has 2 heterocycles. The van der Waals surface area contributed by atoms with E-state index >= 15 is 0 Å². The lowest BCUT2D eigenvalue weighted by molar-refractivity contribution is 0.0871. The van der Waals surface area contributed by atoms with Crippen LogP contribution in [0.2, 0.25) is 0 Å². The van der Waals surface area contributed by atoms with Crippen molar-refractivity contribution in [1.29, 1.82) is 0 Å². The zero-order valence-corrected chi connectivity index (χ0v) is 21.9. The molecular formula is C28H37N3O4. The summed E-state index contributed by atoms with van der Waals surface area (Å²) in [5, 5.41) is 6.71. The predicted octanol–water partition coefficient (Wildman–Crippen LogP) is 4.04. The van der Waals surface area contributed by atoms with Crippen LogP contribution in [0.3, 0.4) is 0 Å². The highest BCUT2D eigenvalue weighted by Gasteiger charge is 2.39. The van der Waals surface area contributed by atoms with Gasteiger partial charge in [-0.1, -0.05) is 13.8 Å². The largest absolute Gasteiger partial charge is 0.497 e. The molecule has 2 N–H and O–H groups in total. The molecule has 0 spiro atoms. The van der Waals surface area contributed by atoms with E-state index < -0.39 is 11.5 Å². The zero-order valence-electron chi connectivity index (χ0n) is 21.9. The van der Waals surface area contributed by atoms with E-state index in [1.807, 2.05) is 13.8 Å². The third-order valence-electron chi connectivity index (χ3n) is 6.99. The Kier molecular flexibility index (Phi) is 6.20. The monoisotopic (exact) mass is 479 g/mol. The van der Waals surface area contributed by atoms with Gasteiger partial charge in [0.1, 0.15) is 11.3 Å². The van der Waals surface area contributed by atoms with Crippen molar-refractivity contribution in [3.8, 4) is 11.4 Å². The highest BCUT2D eigenvalue weighted by Crippen LogP contribution is 2.35. The molecule has 7 nitrogen and oxygen atoms in total. The Morgan fingerprint density at radius 1 is 1.00 bits per heavy atom. The molecule has 1 saturated heterocycles. The summed E-state index contributed by atoms with van der Waals surface area (Å²) >= 11 is 0. The van der Waals surface area contributed by atoms with E-state index in [1.54, 1.807) is 35.9 Å². The molecule has 1 amide bonds. The van der Waals surface area contributed by atoms with Crippen LogP contribution in [0.15, 0.2) is 35.1 Å². The highest BCUT2D eigenvalue weighted by atomic mass is 16.5. The number of benzene rings is 1. The Bertz CT molecular complexity index is 1210. The summed E-state index contributed by atoms with van der Waals surface area (Å²) in [7, 11) is 1.58. The van der Waals surface area contributed by atoms with Crippen LogP contribution < -0.4 is 20.9 Å². The van der Waals surface area contributed by atoms with Crippen LogP contribution in [0.1, 0.15) is 87.2 Å². The predicted molar refractivity (Wildman–Crippen MR) is 137 cm³/mol. The number of rotatable bonds is 4. The highest BCUT2D eigenvalue weighted by molar-refractivity contribution is 6.02. The number of methoxy groups -OCH3 is 1. The first-order valence-corrected chi connectivity index (χ1v) is 12.3. The standard InChI is InChI=1S/C28H37N3O4/c1-26(2)15-22-20(23(32)16-26)12-21(25(34)31(22)18-8-10-19(35-7)11-9-18)24(33)29-17-13-27(3,4)30-28(5,6)14-17/h8-12,17,30H,13-16H2,1-7H3,(H,29,33). The fourth-order valence-corrected chi connectivity index (χ4v) is 5.97. The Morgan fingerprint density at radius 2 is 1.60 bits per heavy atom. The van der Waals surface area contributed by atoms with E-state index in [0.717, 1.165) is 12.8 Å². The van der Waals surface area contributed by atoms with E-state index in [2.05, 4.69) is 38.3 Å². The van der Waals surface area contributed by atoms with Crippen molar-refractivity contribution in [2.75, 3.05) is 7.11 Å². The molecule has 0 bridgehead atoms. The van der Waals surface area contributed by atoms with Gasteiger partial charge in [-0.05, 0) is 82.7 Å². The number of hydrogen-bond donors (Lipinski definition) is 2. The number of amides is 1. The van der Waals surface area contributed by atoms with Gasteiger partial charge in [0.2, 0.25) is 0 Å². The minimum atomic E-state index is -0.434. The number of pyridine rings is 1. The van der Waals surface area contributed by atoms with Crippen LogP contribution in [0, 0.1) is 5.41 Å². The fourth-order valence-electron chi connectivity index (χ4n) is 5.97. The van der Waals surface area contributed by atoms with Crippen LogP contribution >= 0.6 is 0 Å². The van der Waals surface area contributed by atoms with E-state index in [4.69, 9.17) is 4.74 Å². The van der Waals surface area contributed by atoms with Crippen LogP contribution in [0.4, 0.5) is 0 Å². The summed E-state index contributed by atoms with van der Waals surface area (Å²) in [5.74, 6) is 0.185. The van der Waals surface area contributed by atoms with Crippen molar-refractivity contribution in [3.05, 3.63) is 57.5 Å². The smallest absolute Gasteiger partial charge is 0.268 e. The van der Waals surface area contributed by atoms with Crippen molar-refractivity contribution in [2.45, 2.75) is 84.3 Å². The van der Waals surface area contributed by atoms with Gasteiger partial charge in [-0.2, -0.15) is 0 Å². The van der Waals surface area contributed by atoms with Crippen molar-refractivity contribution in [1.82, 2.24) is 15.2 Å². The maximum Gasteiger partial charge on any atom is 0.268 e. The first-order valence-electron chi connectivity index (χ1n) is 12.3. The first-order chi connectivity index (χ1) is 16.2. The van der Waals surface area contributed by atoms with Crippen molar-refractivity contribution in [3.63, 3.8) is 0 Å². The summed E-state index contributed by atoms with van der Waals surface area (Å²) in [4.78, 5) is 40.4. The minimum absolute atomic E-state index is 0.00164. The molecule has 1 aliphatic carbocycles. The Balaban J connectivity index is 1.80. The van der Waals surface area contributed by atoms with Gasteiger partial charge >= 0.3 is 0 Å². The van der Waals surface area contributed by atoms with Crippen LogP contribution in [-0.2, 0) is 6.42 Å². The number of carbonyl (C=O) groups excluding carboxylic acids is 2. The maximum atomic E-state index is 13.8. The molecule has 188 valence electrons. The van der Waals surface area contributed by atoms with Gasteiger partial charge in [0, 0.05) is 40.5 Å². The molecule has 1 aromatic carbocycles. The summed E-state index contributed by atoms with van der Waals surface area (Å²) in [5.41, 5.74) is 0.724. The summed E-state index contributed by atoms with van der Waals surface area (Å²) in [6, 6.07) is 8.54. The second kappa shape index (κ2) is 8.63. The normalized spacial score (nSPS) is 20.7. The van der Waals surface area contributed by atoms with E-state index in [0.29, 0.717) is 35.5 Å². The molecule has 4 rings (SSSR count). The summed E-state index contributed by atoms with van der Waals surface area (Å²) in [6.07, 6.45) is 2.42. The molecule has 1 aromatic heterocycles.